The molecular weight excluding hydrogens is 492 g/mol. The summed E-state index contributed by atoms with van der Waals surface area (Å²) in [4.78, 5) is 22.4. The molecule has 1 aromatic heterocycles. The van der Waals surface area contributed by atoms with Crippen LogP contribution in [0.3, 0.4) is 0 Å². The molecule has 2 aromatic carbocycles. The molecule has 0 spiro atoms. The molecule has 1 amide bonds. The van der Waals surface area contributed by atoms with E-state index >= 15 is 0 Å². The Morgan fingerprint density at radius 3 is 2.31 bits per heavy atom. The molecule has 0 bridgehead atoms. The molecule has 0 N–H and O–H groups in total. The van der Waals surface area contributed by atoms with E-state index in [-0.39, 0.29) is 16.8 Å². The number of benzene rings is 2. The fraction of sp³-hybridized carbons (Fsp3) is 0.481. The van der Waals surface area contributed by atoms with Crippen LogP contribution in [0.2, 0.25) is 0 Å². The van der Waals surface area contributed by atoms with Gasteiger partial charge in [-0.15, -0.1) is 0 Å². The first-order valence-electron chi connectivity index (χ1n) is 12.7. The molecule has 3 aromatic rings. The average Bonchev–Trinajstić information content (AvgIpc) is 3.36. The number of thiazole rings is 1. The molecule has 1 aliphatic heterocycles. The predicted octanol–water partition coefficient (Wildman–Crippen LogP) is 4.83. The number of piperazine rings is 1. The van der Waals surface area contributed by atoms with E-state index in [1.165, 1.54) is 26.6 Å². The van der Waals surface area contributed by atoms with E-state index in [0.29, 0.717) is 18.7 Å². The Balaban J connectivity index is 1.23. The molecule has 1 saturated heterocycles. The van der Waals surface area contributed by atoms with Gasteiger partial charge in [-0.3, -0.25) is 4.79 Å². The SMILES string of the molecule is Cc1ccc2sc(N3CCN(C(=O)c4ccc(S(=O)(=O)N(C)C5CCCCC5)cc4)CC3)nc2c1C. The van der Waals surface area contributed by atoms with E-state index in [1.807, 2.05) is 4.90 Å². The van der Waals surface area contributed by atoms with E-state index < -0.39 is 10.0 Å². The van der Waals surface area contributed by atoms with Gasteiger partial charge < -0.3 is 9.80 Å². The van der Waals surface area contributed by atoms with E-state index in [4.69, 9.17) is 4.98 Å². The number of amides is 1. The molecule has 0 atom stereocenters. The number of aromatic nitrogens is 1. The van der Waals surface area contributed by atoms with Crippen LogP contribution in [0.25, 0.3) is 10.2 Å². The second-order valence-corrected chi connectivity index (χ2v) is 13.0. The number of hydrogen-bond donors (Lipinski definition) is 0. The number of anilines is 1. The van der Waals surface area contributed by atoms with Crippen molar-refractivity contribution < 1.29 is 13.2 Å². The fourth-order valence-electron chi connectivity index (χ4n) is 5.21. The predicted molar refractivity (Wildman–Crippen MR) is 145 cm³/mol. The van der Waals surface area contributed by atoms with Gasteiger partial charge in [0.15, 0.2) is 5.13 Å². The standard InChI is InChI=1S/C27H34N4O3S2/c1-19-9-14-24-25(20(19)2)28-27(35-24)31-17-15-30(16-18-31)26(32)21-10-12-23(13-11-21)36(33,34)29(3)22-7-5-4-6-8-22/h9-14,22H,4-8,15-18H2,1-3H3. The summed E-state index contributed by atoms with van der Waals surface area (Å²) in [6, 6.07) is 10.8. The number of fused-ring (bicyclic) bond motifs is 1. The molecule has 5 rings (SSSR count). The first kappa shape index (κ1) is 25.2. The second-order valence-electron chi connectivity index (χ2n) is 9.97. The summed E-state index contributed by atoms with van der Waals surface area (Å²) in [7, 11) is -1.89. The van der Waals surface area contributed by atoms with Crippen molar-refractivity contribution in [2.24, 2.45) is 0 Å². The van der Waals surface area contributed by atoms with Gasteiger partial charge in [-0.1, -0.05) is 36.7 Å². The van der Waals surface area contributed by atoms with Gasteiger partial charge in [-0.05, 0) is 68.1 Å². The summed E-state index contributed by atoms with van der Waals surface area (Å²) in [5.74, 6) is -0.0602. The molecule has 2 aliphatic rings. The smallest absolute Gasteiger partial charge is 0.253 e. The normalized spacial score (nSPS) is 17.8. The summed E-state index contributed by atoms with van der Waals surface area (Å²) >= 11 is 1.70. The number of rotatable bonds is 5. The van der Waals surface area contributed by atoms with Crippen LogP contribution >= 0.6 is 11.3 Å². The third-order valence-corrected chi connectivity index (χ3v) is 10.8. The minimum atomic E-state index is -3.56. The summed E-state index contributed by atoms with van der Waals surface area (Å²) in [6.07, 6.45) is 5.14. The van der Waals surface area contributed by atoms with E-state index in [2.05, 4.69) is 30.9 Å². The van der Waals surface area contributed by atoms with Gasteiger partial charge in [0.05, 0.1) is 15.1 Å². The number of sulfonamides is 1. The van der Waals surface area contributed by atoms with Crippen LogP contribution in [-0.2, 0) is 10.0 Å². The summed E-state index contributed by atoms with van der Waals surface area (Å²) in [6.45, 7) is 6.89. The van der Waals surface area contributed by atoms with Gasteiger partial charge in [0.25, 0.3) is 5.91 Å². The highest BCUT2D eigenvalue weighted by Gasteiger charge is 2.30. The van der Waals surface area contributed by atoms with Crippen LogP contribution in [0.4, 0.5) is 5.13 Å². The van der Waals surface area contributed by atoms with Gasteiger partial charge in [-0.25, -0.2) is 13.4 Å². The van der Waals surface area contributed by atoms with Crippen molar-refractivity contribution in [1.82, 2.24) is 14.2 Å². The minimum absolute atomic E-state index is 0.0599. The molecule has 0 radical (unpaired) electrons. The molecule has 9 heteroatoms. The Hall–Kier alpha value is -2.49. The molecule has 192 valence electrons. The number of nitrogens with zero attached hydrogens (tertiary/aromatic N) is 4. The molecule has 0 unspecified atom stereocenters. The lowest BCUT2D eigenvalue weighted by Crippen LogP contribution is -2.48. The average molecular weight is 527 g/mol. The third-order valence-electron chi connectivity index (χ3n) is 7.78. The molecular formula is C27H34N4O3S2. The van der Waals surface area contributed by atoms with Gasteiger partial charge in [-0.2, -0.15) is 4.31 Å². The van der Waals surface area contributed by atoms with Crippen LogP contribution in [0.5, 0.6) is 0 Å². The van der Waals surface area contributed by atoms with Gasteiger partial charge in [0.1, 0.15) is 0 Å². The number of carbonyl (C=O) groups is 1. The Morgan fingerprint density at radius 1 is 0.972 bits per heavy atom. The Labute approximate surface area is 217 Å². The summed E-state index contributed by atoms with van der Waals surface area (Å²) in [5, 5.41) is 1.00. The van der Waals surface area contributed by atoms with Gasteiger partial charge in [0.2, 0.25) is 10.0 Å². The second kappa shape index (κ2) is 10.1. The number of aryl methyl sites for hydroxylation is 2. The minimum Gasteiger partial charge on any atom is -0.345 e. The Bertz CT molecular complexity index is 1350. The maximum absolute atomic E-state index is 13.1. The van der Waals surface area contributed by atoms with Crippen LogP contribution in [0.1, 0.15) is 53.6 Å². The van der Waals surface area contributed by atoms with Gasteiger partial charge in [0, 0.05) is 44.8 Å². The molecule has 2 fully saturated rings. The topological polar surface area (TPSA) is 73.8 Å². The lowest BCUT2D eigenvalue weighted by molar-refractivity contribution is 0.0746. The van der Waals surface area contributed by atoms with Crippen LogP contribution < -0.4 is 4.90 Å². The van der Waals surface area contributed by atoms with Crippen molar-refractivity contribution in [1.29, 1.82) is 0 Å². The summed E-state index contributed by atoms with van der Waals surface area (Å²) < 4.78 is 28.9. The Kier molecular flexibility index (Phi) is 7.07. The fourth-order valence-corrected chi connectivity index (χ4v) is 7.70. The van der Waals surface area contributed by atoms with Crippen LogP contribution in [-0.4, -0.2) is 67.8 Å². The number of carbonyl (C=O) groups excluding carboxylic acids is 1. The third kappa shape index (κ3) is 4.76. The quantitative estimate of drug-likeness (QED) is 0.476. The van der Waals surface area contributed by atoms with E-state index in [1.54, 1.807) is 42.6 Å². The maximum Gasteiger partial charge on any atom is 0.253 e. The highest BCUT2D eigenvalue weighted by atomic mass is 32.2. The molecule has 2 heterocycles. The zero-order valence-corrected chi connectivity index (χ0v) is 22.9. The molecule has 36 heavy (non-hydrogen) atoms. The van der Waals surface area contributed by atoms with Gasteiger partial charge >= 0.3 is 0 Å². The monoisotopic (exact) mass is 526 g/mol. The zero-order valence-electron chi connectivity index (χ0n) is 21.2. The lowest BCUT2D eigenvalue weighted by Gasteiger charge is -2.34. The highest BCUT2D eigenvalue weighted by Crippen LogP contribution is 2.32. The summed E-state index contributed by atoms with van der Waals surface area (Å²) in [5.41, 5.74) is 4.06. The maximum atomic E-state index is 13.1. The van der Waals surface area contributed by atoms with Crippen molar-refractivity contribution in [3.8, 4) is 0 Å². The van der Waals surface area contributed by atoms with Crippen molar-refractivity contribution in [3.63, 3.8) is 0 Å². The van der Waals surface area contributed by atoms with Crippen LogP contribution in [0.15, 0.2) is 41.3 Å². The van der Waals surface area contributed by atoms with Crippen molar-refractivity contribution in [2.75, 3.05) is 38.1 Å². The zero-order chi connectivity index (χ0) is 25.4. The van der Waals surface area contributed by atoms with Crippen molar-refractivity contribution in [3.05, 3.63) is 53.1 Å². The molecule has 1 saturated carbocycles. The van der Waals surface area contributed by atoms with Crippen molar-refractivity contribution in [2.45, 2.75) is 56.9 Å². The first-order chi connectivity index (χ1) is 17.3. The largest absolute Gasteiger partial charge is 0.345 e. The first-order valence-corrected chi connectivity index (χ1v) is 15.0. The molecule has 7 nitrogen and oxygen atoms in total. The van der Waals surface area contributed by atoms with Crippen LogP contribution in [0, 0.1) is 13.8 Å². The highest BCUT2D eigenvalue weighted by molar-refractivity contribution is 7.89. The van der Waals surface area contributed by atoms with Crippen molar-refractivity contribution >= 4 is 42.6 Å². The Morgan fingerprint density at radius 2 is 1.64 bits per heavy atom. The number of hydrogen-bond acceptors (Lipinski definition) is 6. The molecule has 1 aliphatic carbocycles. The van der Waals surface area contributed by atoms with E-state index in [0.717, 1.165) is 49.4 Å². The lowest BCUT2D eigenvalue weighted by atomic mass is 9.96. The van der Waals surface area contributed by atoms with E-state index in [9.17, 15) is 13.2 Å².